The van der Waals surface area contributed by atoms with Gasteiger partial charge in [0.25, 0.3) is 0 Å². The van der Waals surface area contributed by atoms with E-state index in [1.54, 1.807) is 0 Å². The summed E-state index contributed by atoms with van der Waals surface area (Å²) in [5.41, 5.74) is 9.91. The Morgan fingerprint density at radius 2 is 1.62 bits per heavy atom. The zero-order valence-electron chi connectivity index (χ0n) is 14.6. The topological polar surface area (TPSA) is 72.9 Å². The Bertz CT molecular complexity index is 863. The minimum atomic E-state index is -0.554. The number of rotatable bonds is 3. The Balaban J connectivity index is 1.93. The van der Waals surface area contributed by atoms with Crippen molar-refractivity contribution >= 4 is 11.8 Å². The largest absolute Gasteiger partial charge is 0.370 e. The Morgan fingerprint density at radius 3 is 2.19 bits per heavy atom. The molecule has 4 rings (SSSR count). The molecule has 0 fully saturated rings. The number of benzene rings is 2. The predicted molar refractivity (Wildman–Crippen MR) is 102 cm³/mol. The molecule has 132 valence electrons. The predicted octanol–water partition coefficient (Wildman–Crippen LogP) is 3.74. The van der Waals surface area contributed by atoms with Crippen LogP contribution in [-0.2, 0) is 6.42 Å². The van der Waals surface area contributed by atoms with Crippen molar-refractivity contribution in [1.82, 2.24) is 9.78 Å². The molecule has 1 amide bonds. The molecule has 3 N–H and O–H groups in total. The molecule has 5 nitrogen and oxygen atoms in total. The number of hydrogen-bond acceptors (Lipinski definition) is 3. The second-order valence-electron chi connectivity index (χ2n) is 6.60. The number of nitrogens with one attached hydrogen (secondary N) is 1. The number of nitrogens with two attached hydrogens (primary N) is 1. The van der Waals surface area contributed by atoms with Gasteiger partial charge in [0.1, 0.15) is 5.82 Å². The van der Waals surface area contributed by atoms with E-state index in [9.17, 15) is 4.79 Å². The average Bonchev–Trinajstić information content (AvgIpc) is 2.86. The molecule has 1 aliphatic rings. The third-order valence-electron chi connectivity index (χ3n) is 4.91. The third-order valence-corrected chi connectivity index (χ3v) is 4.91. The number of aromatic nitrogens is 2. The summed E-state index contributed by atoms with van der Waals surface area (Å²) < 4.78 is 1.33. The lowest BCUT2D eigenvalue weighted by atomic mass is 9.86. The van der Waals surface area contributed by atoms with E-state index >= 15 is 0 Å². The van der Waals surface area contributed by atoms with Crippen molar-refractivity contribution in [2.75, 3.05) is 11.9 Å². The van der Waals surface area contributed by atoms with Crippen LogP contribution in [0.25, 0.3) is 0 Å². The van der Waals surface area contributed by atoms with Gasteiger partial charge in [-0.3, -0.25) is 0 Å². The van der Waals surface area contributed by atoms with E-state index in [4.69, 9.17) is 5.73 Å². The minimum absolute atomic E-state index is 0.0355. The molecule has 2 heterocycles. The van der Waals surface area contributed by atoms with Crippen molar-refractivity contribution < 1.29 is 4.79 Å². The Hall–Kier alpha value is -3.08. The first-order valence-corrected chi connectivity index (χ1v) is 9.01. The third kappa shape index (κ3) is 2.96. The van der Waals surface area contributed by atoms with Crippen LogP contribution in [0.2, 0.25) is 0 Å². The van der Waals surface area contributed by atoms with Crippen LogP contribution in [0.15, 0.2) is 60.7 Å². The van der Waals surface area contributed by atoms with Crippen molar-refractivity contribution in [3.05, 3.63) is 83.0 Å². The fraction of sp³-hybridized carbons (Fsp3) is 0.238. The van der Waals surface area contributed by atoms with Gasteiger partial charge in [0.2, 0.25) is 0 Å². The van der Waals surface area contributed by atoms with E-state index in [0.717, 1.165) is 54.0 Å². The number of amides is 1. The summed E-state index contributed by atoms with van der Waals surface area (Å²) in [7, 11) is 0. The van der Waals surface area contributed by atoms with Crippen LogP contribution in [0.4, 0.5) is 10.6 Å². The molecule has 0 atom stereocenters. The fourth-order valence-electron chi connectivity index (χ4n) is 3.72. The van der Waals surface area contributed by atoms with E-state index in [-0.39, 0.29) is 5.92 Å². The second-order valence-corrected chi connectivity index (χ2v) is 6.60. The zero-order chi connectivity index (χ0) is 17.9. The molecular formula is C21H22N4O. The second kappa shape index (κ2) is 7.04. The molecule has 0 radical (unpaired) electrons. The first kappa shape index (κ1) is 16.4. The van der Waals surface area contributed by atoms with E-state index in [2.05, 4.69) is 34.7 Å². The molecular weight excluding hydrogens is 324 g/mol. The standard InChI is InChI=1S/C21H22N4O/c22-21(26)25-20-17(13-7-8-14-23-20)19(24-25)18(15-9-3-1-4-10-15)16-11-5-2-6-12-16/h1-6,9-12,18,23H,7-8,13-14H2,(H2,22,26). The Labute approximate surface area is 152 Å². The number of hydrogen-bond donors (Lipinski definition) is 2. The van der Waals surface area contributed by atoms with Crippen LogP contribution in [0, 0.1) is 0 Å². The SMILES string of the molecule is NC(=O)n1nc(C(c2ccccc2)c2ccccc2)c2c1NCCCC2. The molecule has 0 unspecified atom stereocenters. The van der Waals surface area contributed by atoms with Crippen molar-refractivity contribution in [2.45, 2.75) is 25.2 Å². The highest BCUT2D eigenvalue weighted by Crippen LogP contribution is 2.37. The van der Waals surface area contributed by atoms with Gasteiger partial charge < -0.3 is 11.1 Å². The molecule has 5 heteroatoms. The maximum absolute atomic E-state index is 12.0. The van der Waals surface area contributed by atoms with Crippen LogP contribution < -0.4 is 11.1 Å². The molecule has 1 aromatic heterocycles. The molecule has 0 saturated carbocycles. The quantitative estimate of drug-likeness (QED) is 0.759. The number of fused-ring (bicyclic) bond motifs is 1. The number of nitrogens with zero attached hydrogens (tertiary/aromatic N) is 2. The minimum Gasteiger partial charge on any atom is -0.370 e. The molecule has 0 saturated heterocycles. The molecule has 0 aliphatic carbocycles. The van der Waals surface area contributed by atoms with Gasteiger partial charge in [-0.1, -0.05) is 60.7 Å². The van der Waals surface area contributed by atoms with E-state index in [1.165, 1.54) is 4.68 Å². The van der Waals surface area contributed by atoms with Crippen molar-refractivity contribution in [3.8, 4) is 0 Å². The normalized spacial score (nSPS) is 13.7. The molecule has 0 spiro atoms. The van der Waals surface area contributed by atoms with Crippen molar-refractivity contribution in [3.63, 3.8) is 0 Å². The Morgan fingerprint density at radius 1 is 1.00 bits per heavy atom. The van der Waals surface area contributed by atoms with Crippen LogP contribution in [-0.4, -0.2) is 22.4 Å². The van der Waals surface area contributed by atoms with Crippen LogP contribution in [0.3, 0.4) is 0 Å². The summed E-state index contributed by atoms with van der Waals surface area (Å²) in [4.78, 5) is 12.0. The number of anilines is 1. The van der Waals surface area contributed by atoms with Gasteiger partial charge in [-0.25, -0.2) is 4.79 Å². The summed E-state index contributed by atoms with van der Waals surface area (Å²) >= 11 is 0. The van der Waals surface area contributed by atoms with Gasteiger partial charge in [0.05, 0.1) is 11.6 Å². The zero-order valence-corrected chi connectivity index (χ0v) is 14.6. The van der Waals surface area contributed by atoms with E-state index in [0.29, 0.717) is 0 Å². The molecule has 0 bridgehead atoms. The van der Waals surface area contributed by atoms with E-state index in [1.807, 2.05) is 36.4 Å². The maximum Gasteiger partial charge on any atom is 0.341 e. The fourth-order valence-corrected chi connectivity index (χ4v) is 3.72. The van der Waals surface area contributed by atoms with Crippen LogP contribution in [0.1, 0.15) is 41.1 Å². The van der Waals surface area contributed by atoms with Gasteiger partial charge >= 0.3 is 6.03 Å². The Kier molecular flexibility index (Phi) is 4.44. The first-order valence-electron chi connectivity index (χ1n) is 9.01. The first-order chi connectivity index (χ1) is 12.8. The molecule has 1 aliphatic heterocycles. The van der Waals surface area contributed by atoms with Crippen molar-refractivity contribution in [1.29, 1.82) is 0 Å². The summed E-state index contributed by atoms with van der Waals surface area (Å²) in [5.74, 6) is 0.716. The molecule has 26 heavy (non-hydrogen) atoms. The van der Waals surface area contributed by atoms with E-state index < -0.39 is 6.03 Å². The molecule has 3 aromatic rings. The number of carbonyl (C=O) groups is 1. The van der Waals surface area contributed by atoms with Crippen LogP contribution in [0.5, 0.6) is 0 Å². The van der Waals surface area contributed by atoms with Gasteiger partial charge in [-0.05, 0) is 30.4 Å². The van der Waals surface area contributed by atoms with Crippen molar-refractivity contribution in [2.24, 2.45) is 5.73 Å². The monoisotopic (exact) mass is 346 g/mol. The smallest absolute Gasteiger partial charge is 0.341 e. The molecule has 2 aromatic carbocycles. The summed E-state index contributed by atoms with van der Waals surface area (Å²) in [6, 6.07) is 20.0. The number of carbonyl (C=O) groups excluding carboxylic acids is 1. The highest BCUT2D eigenvalue weighted by Gasteiger charge is 2.28. The summed E-state index contributed by atoms with van der Waals surface area (Å²) in [6.07, 6.45) is 3.02. The van der Waals surface area contributed by atoms with Gasteiger partial charge in [0.15, 0.2) is 0 Å². The highest BCUT2D eigenvalue weighted by atomic mass is 16.2. The maximum atomic E-state index is 12.0. The van der Waals surface area contributed by atoms with Gasteiger partial charge in [-0.15, -0.1) is 0 Å². The summed E-state index contributed by atoms with van der Waals surface area (Å²) in [6.45, 7) is 0.826. The average molecular weight is 346 g/mol. The lowest BCUT2D eigenvalue weighted by molar-refractivity contribution is 0.248. The van der Waals surface area contributed by atoms with Gasteiger partial charge in [0, 0.05) is 12.1 Å². The number of primary amides is 1. The lowest BCUT2D eigenvalue weighted by Crippen LogP contribution is -2.23. The lowest BCUT2D eigenvalue weighted by Gasteiger charge is -2.18. The summed E-state index contributed by atoms with van der Waals surface area (Å²) in [5, 5.41) is 8.02. The van der Waals surface area contributed by atoms with Crippen LogP contribution >= 0.6 is 0 Å². The highest BCUT2D eigenvalue weighted by molar-refractivity contribution is 5.79. The van der Waals surface area contributed by atoms with Gasteiger partial charge in [-0.2, -0.15) is 9.78 Å².